The number of hydrogen-bond acceptors (Lipinski definition) is 6. The second-order valence-corrected chi connectivity index (χ2v) is 6.97. The van der Waals surface area contributed by atoms with Gasteiger partial charge < -0.3 is 19.4 Å². The number of ether oxygens (including phenoxy) is 1. The van der Waals surface area contributed by atoms with E-state index in [9.17, 15) is 14.4 Å². The van der Waals surface area contributed by atoms with Crippen molar-refractivity contribution in [2.45, 2.75) is 6.54 Å². The van der Waals surface area contributed by atoms with Gasteiger partial charge >= 0.3 is 5.97 Å². The minimum Gasteiger partial charge on any atom is -0.450 e. The smallest absolute Gasteiger partial charge is 0.374 e. The predicted molar refractivity (Wildman–Crippen MR) is 110 cm³/mol. The van der Waals surface area contributed by atoms with Gasteiger partial charge in [-0.1, -0.05) is 23.7 Å². The number of halogens is 1. The molecular formula is C21H19ClN2O5. The first-order valence-corrected chi connectivity index (χ1v) is 9.15. The van der Waals surface area contributed by atoms with E-state index in [0.29, 0.717) is 11.6 Å². The Morgan fingerprint density at radius 1 is 1.10 bits per heavy atom. The minimum absolute atomic E-state index is 0.208. The lowest BCUT2D eigenvalue weighted by Crippen LogP contribution is -2.28. The van der Waals surface area contributed by atoms with Crippen LogP contribution in [-0.4, -0.2) is 32.6 Å². The van der Waals surface area contributed by atoms with Crippen LogP contribution in [0.5, 0.6) is 0 Å². The Kier molecular flexibility index (Phi) is 6.19. The van der Waals surface area contributed by atoms with E-state index in [1.54, 1.807) is 6.07 Å². The van der Waals surface area contributed by atoms with Crippen molar-refractivity contribution in [2.75, 3.05) is 25.6 Å². The van der Waals surface area contributed by atoms with Gasteiger partial charge in [0.25, 0.3) is 5.91 Å². The van der Waals surface area contributed by atoms with E-state index in [0.717, 1.165) is 17.3 Å². The van der Waals surface area contributed by atoms with E-state index in [1.807, 2.05) is 43.3 Å². The van der Waals surface area contributed by atoms with Crippen molar-refractivity contribution in [3.63, 3.8) is 0 Å². The highest BCUT2D eigenvalue weighted by atomic mass is 35.5. The Labute approximate surface area is 171 Å². The molecule has 0 aliphatic carbocycles. The van der Waals surface area contributed by atoms with Crippen LogP contribution in [0.1, 0.15) is 16.1 Å². The maximum Gasteiger partial charge on any atom is 0.374 e. The van der Waals surface area contributed by atoms with Gasteiger partial charge in [0.05, 0.1) is 5.39 Å². The molecule has 3 aromatic rings. The Morgan fingerprint density at radius 2 is 1.83 bits per heavy atom. The van der Waals surface area contributed by atoms with E-state index >= 15 is 0 Å². The molecule has 0 aliphatic heterocycles. The molecule has 0 spiro atoms. The van der Waals surface area contributed by atoms with Crippen molar-refractivity contribution >= 4 is 40.1 Å². The standard InChI is InChI=1S/C21H19ClN2O5/c1-24(2)15-6-3-13(4-7-15)11-23-20(26)12-28-21(27)19-10-17(25)16-9-14(22)5-8-18(16)29-19/h3-10H,11-12H2,1-2H3,(H,23,26). The summed E-state index contributed by atoms with van der Waals surface area (Å²) >= 11 is 5.85. The lowest BCUT2D eigenvalue weighted by atomic mass is 10.2. The molecule has 0 aliphatic rings. The minimum atomic E-state index is -0.899. The van der Waals surface area contributed by atoms with Gasteiger partial charge in [-0.2, -0.15) is 0 Å². The normalized spacial score (nSPS) is 10.6. The van der Waals surface area contributed by atoms with Gasteiger partial charge in [-0.05, 0) is 35.9 Å². The molecule has 7 nitrogen and oxygen atoms in total. The summed E-state index contributed by atoms with van der Waals surface area (Å²) in [5, 5.41) is 3.30. The molecule has 2 aromatic carbocycles. The molecule has 0 atom stereocenters. The Bertz CT molecular complexity index is 1110. The molecule has 1 heterocycles. The zero-order valence-electron chi connectivity index (χ0n) is 15.9. The fourth-order valence-electron chi connectivity index (χ4n) is 2.59. The second-order valence-electron chi connectivity index (χ2n) is 6.53. The predicted octanol–water partition coefficient (Wildman–Crippen LogP) is 2.99. The maximum absolute atomic E-state index is 12.1. The van der Waals surface area contributed by atoms with Crippen LogP contribution < -0.4 is 15.6 Å². The zero-order chi connectivity index (χ0) is 21.0. The lowest BCUT2D eigenvalue weighted by molar-refractivity contribution is -0.124. The number of nitrogens with zero attached hydrogens (tertiary/aromatic N) is 1. The van der Waals surface area contributed by atoms with E-state index in [1.165, 1.54) is 12.1 Å². The Morgan fingerprint density at radius 3 is 2.52 bits per heavy atom. The molecule has 0 bridgehead atoms. The lowest BCUT2D eigenvalue weighted by Gasteiger charge is -2.13. The monoisotopic (exact) mass is 414 g/mol. The first-order valence-electron chi connectivity index (χ1n) is 8.77. The number of rotatable bonds is 6. The summed E-state index contributed by atoms with van der Waals surface area (Å²) in [7, 11) is 3.88. The molecule has 1 aromatic heterocycles. The van der Waals surface area contributed by atoms with Crippen LogP contribution in [-0.2, 0) is 16.1 Å². The number of benzene rings is 2. The quantitative estimate of drug-likeness (QED) is 0.624. The van der Waals surface area contributed by atoms with Crippen molar-refractivity contribution in [1.82, 2.24) is 5.32 Å². The van der Waals surface area contributed by atoms with Crippen LogP contribution >= 0.6 is 11.6 Å². The van der Waals surface area contributed by atoms with Crippen molar-refractivity contribution in [3.8, 4) is 0 Å². The van der Waals surface area contributed by atoms with Gasteiger partial charge in [0, 0.05) is 37.4 Å². The molecule has 0 fully saturated rings. The van der Waals surface area contributed by atoms with E-state index in [4.69, 9.17) is 20.8 Å². The van der Waals surface area contributed by atoms with Gasteiger partial charge in [0.2, 0.25) is 5.76 Å². The topological polar surface area (TPSA) is 88.9 Å². The fraction of sp³-hybridized carbons (Fsp3) is 0.190. The molecule has 1 amide bonds. The number of anilines is 1. The maximum atomic E-state index is 12.1. The molecule has 150 valence electrons. The van der Waals surface area contributed by atoms with Crippen LogP contribution in [0.4, 0.5) is 5.69 Å². The van der Waals surface area contributed by atoms with Crippen LogP contribution in [0.25, 0.3) is 11.0 Å². The van der Waals surface area contributed by atoms with Crippen molar-refractivity contribution in [2.24, 2.45) is 0 Å². The van der Waals surface area contributed by atoms with Crippen LogP contribution in [0.2, 0.25) is 5.02 Å². The van der Waals surface area contributed by atoms with E-state index < -0.39 is 23.9 Å². The average molecular weight is 415 g/mol. The second kappa shape index (κ2) is 8.79. The highest BCUT2D eigenvalue weighted by Crippen LogP contribution is 2.18. The highest BCUT2D eigenvalue weighted by molar-refractivity contribution is 6.31. The van der Waals surface area contributed by atoms with Crippen molar-refractivity contribution in [1.29, 1.82) is 0 Å². The Balaban J connectivity index is 1.56. The van der Waals surface area contributed by atoms with Gasteiger partial charge in [0.15, 0.2) is 12.0 Å². The average Bonchev–Trinajstić information content (AvgIpc) is 2.71. The molecule has 8 heteroatoms. The van der Waals surface area contributed by atoms with Crippen LogP contribution in [0, 0.1) is 0 Å². The number of hydrogen-bond donors (Lipinski definition) is 1. The summed E-state index contributed by atoms with van der Waals surface area (Å²) in [5.41, 5.74) is 1.74. The van der Waals surface area contributed by atoms with Crippen LogP contribution in [0.3, 0.4) is 0 Å². The van der Waals surface area contributed by atoms with Gasteiger partial charge in [-0.25, -0.2) is 4.79 Å². The van der Waals surface area contributed by atoms with Gasteiger partial charge in [-0.3, -0.25) is 9.59 Å². The summed E-state index contributed by atoms with van der Waals surface area (Å²) in [6, 6.07) is 13.2. The molecule has 1 N–H and O–H groups in total. The molecule has 0 unspecified atom stereocenters. The van der Waals surface area contributed by atoms with E-state index in [-0.39, 0.29) is 16.7 Å². The van der Waals surface area contributed by atoms with Crippen molar-refractivity contribution in [3.05, 3.63) is 75.1 Å². The number of carbonyl (C=O) groups excluding carboxylic acids is 2. The van der Waals surface area contributed by atoms with E-state index in [2.05, 4.69) is 5.32 Å². The third-order valence-electron chi connectivity index (χ3n) is 4.17. The first kappa shape index (κ1) is 20.4. The van der Waals surface area contributed by atoms with Gasteiger partial charge in [-0.15, -0.1) is 0 Å². The number of amides is 1. The first-order chi connectivity index (χ1) is 13.8. The number of esters is 1. The third-order valence-corrected chi connectivity index (χ3v) is 4.40. The summed E-state index contributed by atoms with van der Waals surface area (Å²) in [4.78, 5) is 38.1. The molecule has 0 saturated carbocycles. The van der Waals surface area contributed by atoms with Crippen LogP contribution in [0.15, 0.2) is 57.7 Å². The fourth-order valence-corrected chi connectivity index (χ4v) is 2.77. The molecule has 0 radical (unpaired) electrons. The summed E-state index contributed by atoms with van der Waals surface area (Å²) < 4.78 is 10.3. The largest absolute Gasteiger partial charge is 0.450 e. The third kappa shape index (κ3) is 5.14. The highest BCUT2D eigenvalue weighted by Gasteiger charge is 2.15. The summed E-state index contributed by atoms with van der Waals surface area (Å²) in [6.45, 7) is -0.188. The van der Waals surface area contributed by atoms with Gasteiger partial charge in [0.1, 0.15) is 5.58 Å². The number of carbonyl (C=O) groups is 2. The zero-order valence-corrected chi connectivity index (χ0v) is 16.7. The molecule has 3 rings (SSSR count). The number of nitrogens with one attached hydrogen (secondary N) is 1. The summed E-state index contributed by atoms with van der Waals surface area (Å²) in [5.74, 6) is -1.65. The molecular weight excluding hydrogens is 396 g/mol. The van der Waals surface area contributed by atoms with Crippen molar-refractivity contribution < 1.29 is 18.7 Å². The molecule has 0 saturated heterocycles. The molecule has 29 heavy (non-hydrogen) atoms. The number of fused-ring (bicyclic) bond motifs is 1. The Hall–Kier alpha value is -3.32. The SMILES string of the molecule is CN(C)c1ccc(CNC(=O)COC(=O)c2cc(=O)c3cc(Cl)ccc3o2)cc1. The summed E-state index contributed by atoms with van der Waals surface area (Å²) in [6.07, 6.45) is 0.